The van der Waals surface area contributed by atoms with Crippen molar-refractivity contribution in [3.8, 4) is 0 Å². The second-order valence-corrected chi connectivity index (χ2v) is 4.73. The summed E-state index contributed by atoms with van der Waals surface area (Å²) < 4.78 is 0. The quantitative estimate of drug-likeness (QED) is 0.486. The Hall–Kier alpha value is -0.980. The first-order chi connectivity index (χ1) is 6.43. The number of rotatable bonds is 2. The first-order valence-corrected chi connectivity index (χ1v) is 5.18. The number of hydrogen-bond donors (Lipinski definition) is 0. The highest BCUT2D eigenvalue weighted by atomic mass is 16.3. The van der Waals surface area contributed by atoms with Crippen LogP contribution in [0.25, 0.3) is 0 Å². The molecule has 0 N–H and O–H groups in total. The molecule has 1 nitrogen and oxygen atoms in total. The van der Waals surface area contributed by atoms with Crippen LogP contribution in [-0.2, 0) is 0 Å². The van der Waals surface area contributed by atoms with Crippen LogP contribution in [0.15, 0.2) is 35.6 Å². The summed E-state index contributed by atoms with van der Waals surface area (Å²) in [6, 6.07) is 0. The summed E-state index contributed by atoms with van der Waals surface area (Å²) in [5.41, 5.74) is 2.95. The van der Waals surface area contributed by atoms with Gasteiger partial charge in [0.25, 0.3) is 0 Å². The van der Waals surface area contributed by atoms with Gasteiger partial charge in [0.2, 0.25) is 0 Å². The van der Waals surface area contributed by atoms with Crippen molar-refractivity contribution in [2.45, 2.75) is 40.0 Å². The largest absolute Gasteiger partial charge is 0.873 e. The molecule has 0 saturated heterocycles. The Morgan fingerprint density at radius 2 is 2.14 bits per heavy atom. The molecule has 1 aliphatic rings. The zero-order valence-corrected chi connectivity index (χ0v) is 9.39. The molecule has 1 rings (SSSR count). The fourth-order valence-corrected chi connectivity index (χ4v) is 2.19. The summed E-state index contributed by atoms with van der Waals surface area (Å²) in [4.78, 5) is 0. The van der Waals surface area contributed by atoms with Crippen molar-refractivity contribution >= 4 is 0 Å². The summed E-state index contributed by atoms with van der Waals surface area (Å²) in [5.74, 6) is -0.119. The molecule has 1 aliphatic carbocycles. The first kappa shape index (κ1) is 11.1. The molecule has 0 aromatic heterocycles. The SMILES string of the molecule is C=C([O-])/C=C/C1=C(C)CCCC1(C)C. The van der Waals surface area contributed by atoms with E-state index in [1.54, 1.807) is 6.08 Å². The molecule has 0 spiro atoms. The minimum atomic E-state index is -0.119. The molecule has 0 radical (unpaired) electrons. The van der Waals surface area contributed by atoms with Gasteiger partial charge in [-0.2, -0.15) is 0 Å². The predicted molar refractivity (Wildman–Crippen MR) is 58.6 cm³/mol. The van der Waals surface area contributed by atoms with Crippen molar-refractivity contribution < 1.29 is 5.11 Å². The summed E-state index contributed by atoms with van der Waals surface area (Å²) in [5, 5.41) is 10.8. The van der Waals surface area contributed by atoms with Gasteiger partial charge in [0, 0.05) is 0 Å². The monoisotopic (exact) mass is 191 g/mol. The van der Waals surface area contributed by atoms with E-state index in [1.165, 1.54) is 24.0 Å². The van der Waals surface area contributed by atoms with Crippen LogP contribution >= 0.6 is 0 Å². The third-order valence-corrected chi connectivity index (χ3v) is 2.98. The standard InChI is InChI=1S/C13H20O/c1-10-6-5-9-13(3,4)12(10)8-7-11(2)14/h7-8,14H,2,5-6,9H2,1,3-4H3/p-1/b8-7+. The zero-order chi connectivity index (χ0) is 10.8. The van der Waals surface area contributed by atoms with E-state index in [-0.39, 0.29) is 11.2 Å². The maximum absolute atomic E-state index is 10.8. The molecule has 0 saturated carbocycles. The van der Waals surface area contributed by atoms with Crippen molar-refractivity contribution in [3.05, 3.63) is 35.6 Å². The van der Waals surface area contributed by atoms with Gasteiger partial charge in [0.05, 0.1) is 0 Å². The Labute approximate surface area is 86.8 Å². The minimum Gasteiger partial charge on any atom is -0.873 e. The second kappa shape index (κ2) is 4.04. The summed E-state index contributed by atoms with van der Waals surface area (Å²) in [6.07, 6.45) is 7.15. The topological polar surface area (TPSA) is 23.1 Å². The summed E-state index contributed by atoms with van der Waals surface area (Å²) >= 11 is 0. The Kier molecular flexibility index (Phi) is 3.20. The molecule has 0 aromatic rings. The van der Waals surface area contributed by atoms with Gasteiger partial charge in [-0.1, -0.05) is 31.6 Å². The minimum absolute atomic E-state index is 0.119. The van der Waals surface area contributed by atoms with Gasteiger partial charge in [-0.3, -0.25) is 0 Å². The van der Waals surface area contributed by atoms with Crippen molar-refractivity contribution in [1.82, 2.24) is 0 Å². The average molecular weight is 191 g/mol. The fourth-order valence-electron chi connectivity index (χ4n) is 2.19. The molecule has 0 amide bonds. The molecule has 78 valence electrons. The van der Waals surface area contributed by atoms with Crippen molar-refractivity contribution in [1.29, 1.82) is 0 Å². The molecule has 0 fully saturated rings. The van der Waals surface area contributed by atoms with Crippen molar-refractivity contribution in [2.75, 3.05) is 0 Å². The second-order valence-electron chi connectivity index (χ2n) is 4.73. The Morgan fingerprint density at radius 3 is 2.64 bits per heavy atom. The lowest BCUT2D eigenvalue weighted by Crippen LogP contribution is -2.19. The normalized spacial score (nSPS) is 21.6. The van der Waals surface area contributed by atoms with Crippen LogP contribution in [0.5, 0.6) is 0 Å². The van der Waals surface area contributed by atoms with Gasteiger partial charge in [-0.05, 0) is 37.2 Å². The maximum Gasteiger partial charge on any atom is -0.0104 e. The zero-order valence-electron chi connectivity index (χ0n) is 9.39. The van der Waals surface area contributed by atoms with E-state index in [1.807, 2.05) is 6.08 Å². The van der Waals surface area contributed by atoms with Gasteiger partial charge >= 0.3 is 0 Å². The molecule has 0 unspecified atom stereocenters. The van der Waals surface area contributed by atoms with E-state index in [0.717, 1.165) is 6.42 Å². The van der Waals surface area contributed by atoms with Crippen LogP contribution in [0.2, 0.25) is 0 Å². The van der Waals surface area contributed by atoms with E-state index < -0.39 is 0 Å². The van der Waals surface area contributed by atoms with Gasteiger partial charge in [0.15, 0.2) is 0 Å². The van der Waals surface area contributed by atoms with Crippen molar-refractivity contribution in [2.24, 2.45) is 5.41 Å². The summed E-state index contributed by atoms with van der Waals surface area (Å²) in [6.45, 7) is 9.99. The Balaban J connectivity index is 2.96. The van der Waals surface area contributed by atoms with E-state index in [0.29, 0.717) is 0 Å². The first-order valence-electron chi connectivity index (χ1n) is 5.18. The van der Waals surface area contributed by atoms with Crippen LogP contribution in [0.3, 0.4) is 0 Å². The van der Waals surface area contributed by atoms with Gasteiger partial charge < -0.3 is 5.11 Å². The molecule has 0 aromatic carbocycles. The van der Waals surface area contributed by atoms with E-state index >= 15 is 0 Å². The number of allylic oxidation sites excluding steroid dienone is 4. The highest BCUT2D eigenvalue weighted by Gasteiger charge is 2.26. The van der Waals surface area contributed by atoms with Gasteiger partial charge in [0.1, 0.15) is 0 Å². The van der Waals surface area contributed by atoms with Crippen LogP contribution in [0.1, 0.15) is 40.0 Å². The lowest BCUT2D eigenvalue weighted by Gasteiger charge is -2.33. The third-order valence-electron chi connectivity index (χ3n) is 2.98. The Bertz CT molecular complexity index is 292. The van der Waals surface area contributed by atoms with Crippen LogP contribution < -0.4 is 5.11 Å². The molecule has 1 heteroatoms. The van der Waals surface area contributed by atoms with Crippen LogP contribution in [-0.4, -0.2) is 0 Å². The lowest BCUT2D eigenvalue weighted by atomic mass is 9.72. The lowest BCUT2D eigenvalue weighted by molar-refractivity contribution is -0.294. The molecular weight excluding hydrogens is 172 g/mol. The average Bonchev–Trinajstić information content (AvgIpc) is 2.01. The van der Waals surface area contributed by atoms with E-state index in [4.69, 9.17) is 0 Å². The summed E-state index contributed by atoms with van der Waals surface area (Å²) in [7, 11) is 0. The van der Waals surface area contributed by atoms with Crippen LogP contribution in [0.4, 0.5) is 0 Å². The smallest absolute Gasteiger partial charge is 0.0104 e. The highest BCUT2D eigenvalue weighted by molar-refractivity contribution is 5.34. The molecule has 0 bridgehead atoms. The highest BCUT2D eigenvalue weighted by Crippen LogP contribution is 2.40. The molecular formula is C13H19O-. The van der Waals surface area contributed by atoms with Crippen molar-refractivity contribution in [3.63, 3.8) is 0 Å². The van der Waals surface area contributed by atoms with Gasteiger partial charge in [-0.25, -0.2) is 0 Å². The number of hydrogen-bond acceptors (Lipinski definition) is 1. The fraction of sp³-hybridized carbons (Fsp3) is 0.538. The third kappa shape index (κ3) is 2.50. The maximum atomic E-state index is 10.8. The molecule has 0 aliphatic heterocycles. The van der Waals surface area contributed by atoms with Gasteiger partial charge in [-0.15, -0.1) is 12.3 Å². The predicted octanol–water partition coefficient (Wildman–Crippen LogP) is 2.94. The molecule has 0 heterocycles. The molecule has 14 heavy (non-hydrogen) atoms. The van der Waals surface area contributed by atoms with E-state index in [9.17, 15) is 5.11 Å². The molecule has 0 atom stereocenters. The Morgan fingerprint density at radius 1 is 1.50 bits per heavy atom. The van der Waals surface area contributed by atoms with Crippen LogP contribution in [0, 0.1) is 5.41 Å². The van der Waals surface area contributed by atoms with E-state index in [2.05, 4.69) is 27.4 Å².